The van der Waals surface area contributed by atoms with Crippen molar-refractivity contribution in [3.63, 3.8) is 0 Å². The number of rotatable bonds is 1. The minimum atomic E-state index is 0.951. The van der Waals surface area contributed by atoms with Crippen LogP contribution in [0.2, 0.25) is 0 Å². The molecule has 1 aliphatic rings. The Morgan fingerprint density at radius 2 is 1.64 bits per heavy atom. The minimum Gasteiger partial charge on any atom is -0.401 e. The number of hydrogen-bond acceptors (Lipinski definition) is 3. The second-order valence-electron chi connectivity index (χ2n) is 3.06. The fourth-order valence-electron chi connectivity index (χ4n) is 1.45. The van der Waals surface area contributed by atoms with Gasteiger partial charge in [-0.05, 0) is 25.7 Å². The Kier molecular flexibility index (Phi) is 3.23. The summed E-state index contributed by atoms with van der Waals surface area (Å²) in [6.07, 6.45) is 7.04. The molecule has 0 spiro atoms. The van der Waals surface area contributed by atoms with Crippen LogP contribution in [0.15, 0.2) is 11.4 Å². The van der Waals surface area contributed by atoms with Crippen molar-refractivity contribution in [2.24, 2.45) is 11.6 Å². The summed E-state index contributed by atoms with van der Waals surface area (Å²) in [7, 11) is 0. The van der Waals surface area contributed by atoms with Crippen LogP contribution in [-0.2, 0) is 0 Å². The summed E-state index contributed by atoms with van der Waals surface area (Å²) < 4.78 is 0. The van der Waals surface area contributed by atoms with Crippen LogP contribution in [0.5, 0.6) is 0 Å². The van der Waals surface area contributed by atoms with Gasteiger partial charge in [0.05, 0.1) is 0 Å². The van der Waals surface area contributed by atoms with Crippen LogP contribution in [0.1, 0.15) is 38.5 Å². The molecule has 0 aromatic rings. The zero-order chi connectivity index (χ0) is 8.10. The van der Waals surface area contributed by atoms with Crippen LogP contribution in [0.25, 0.3) is 0 Å². The fourth-order valence-corrected chi connectivity index (χ4v) is 1.45. The Morgan fingerprint density at radius 1 is 1.00 bits per heavy atom. The maximum atomic E-state index is 5.80. The summed E-state index contributed by atoms with van der Waals surface area (Å²) >= 11 is 0. The van der Waals surface area contributed by atoms with Crippen molar-refractivity contribution in [2.45, 2.75) is 38.5 Å². The van der Waals surface area contributed by atoms with Crippen molar-refractivity contribution < 1.29 is 0 Å². The Hall–Kier alpha value is -0.700. The summed E-state index contributed by atoms with van der Waals surface area (Å²) in [5.41, 5.74) is 10.5. The molecule has 0 saturated carbocycles. The topological polar surface area (TPSA) is 64.1 Å². The summed E-state index contributed by atoms with van der Waals surface area (Å²) in [4.78, 5) is 0. The van der Waals surface area contributed by atoms with Gasteiger partial charge in [-0.25, -0.2) is 0 Å². The standard InChI is InChI=1S/C8H17N3/c9-7-5-3-1-2-4-6-8(7)11-10/h11H,1-6,9-10H2/b8-7-. The van der Waals surface area contributed by atoms with Crippen molar-refractivity contribution >= 4 is 0 Å². The smallest absolute Gasteiger partial charge is 0.0446 e. The molecule has 0 heterocycles. The molecule has 0 radical (unpaired) electrons. The number of hydrogen-bond donors (Lipinski definition) is 3. The van der Waals surface area contributed by atoms with Crippen LogP contribution < -0.4 is 17.0 Å². The van der Waals surface area contributed by atoms with E-state index >= 15 is 0 Å². The van der Waals surface area contributed by atoms with E-state index in [9.17, 15) is 0 Å². The fraction of sp³-hybridized carbons (Fsp3) is 0.750. The second-order valence-corrected chi connectivity index (χ2v) is 3.06. The summed E-state index contributed by atoms with van der Waals surface area (Å²) in [5.74, 6) is 5.33. The molecule has 0 atom stereocenters. The minimum absolute atomic E-state index is 0.951. The lowest BCUT2D eigenvalue weighted by atomic mass is 10.0. The highest BCUT2D eigenvalue weighted by atomic mass is 15.2. The molecule has 0 fully saturated rings. The molecule has 0 unspecified atom stereocenters. The molecule has 0 aromatic heterocycles. The van der Waals surface area contributed by atoms with Crippen molar-refractivity contribution in [1.29, 1.82) is 0 Å². The first-order chi connectivity index (χ1) is 5.34. The molecule has 0 saturated heterocycles. The zero-order valence-electron chi connectivity index (χ0n) is 6.90. The Morgan fingerprint density at radius 3 is 2.27 bits per heavy atom. The molecule has 0 bridgehead atoms. The zero-order valence-corrected chi connectivity index (χ0v) is 6.90. The first-order valence-corrected chi connectivity index (χ1v) is 4.28. The average molecular weight is 155 g/mol. The Bertz CT molecular complexity index is 151. The van der Waals surface area contributed by atoms with E-state index in [4.69, 9.17) is 11.6 Å². The molecule has 0 aromatic carbocycles. The van der Waals surface area contributed by atoms with E-state index in [0.29, 0.717) is 0 Å². The van der Waals surface area contributed by atoms with Gasteiger partial charge in [-0.15, -0.1) is 0 Å². The number of allylic oxidation sites excluding steroid dienone is 2. The van der Waals surface area contributed by atoms with Crippen LogP contribution >= 0.6 is 0 Å². The Balaban J connectivity index is 2.56. The molecule has 3 heteroatoms. The van der Waals surface area contributed by atoms with Crippen LogP contribution in [-0.4, -0.2) is 0 Å². The first-order valence-electron chi connectivity index (χ1n) is 4.28. The normalized spacial score (nSPS) is 27.4. The van der Waals surface area contributed by atoms with E-state index in [0.717, 1.165) is 24.2 Å². The highest BCUT2D eigenvalue weighted by Gasteiger charge is 2.05. The van der Waals surface area contributed by atoms with Gasteiger partial charge in [0.25, 0.3) is 0 Å². The Labute approximate surface area is 67.8 Å². The van der Waals surface area contributed by atoms with Gasteiger partial charge in [-0.3, -0.25) is 5.84 Å². The van der Waals surface area contributed by atoms with Crippen molar-refractivity contribution in [1.82, 2.24) is 5.43 Å². The van der Waals surface area contributed by atoms with Gasteiger partial charge in [0.15, 0.2) is 0 Å². The molecule has 5 N–H and O–H groups in total. The van der Waals surface area contributed by atoms with E-state index < -0.39 is 0 Å². The molecule has 3 nitrogen and oxygen atoms in total. The number of nitrogens with two attached hydrogens (primary N) is 2. The second kappa shape index (κ2) is 4.23. The SMILES string of the molecule is NN/C1=C(\N)CCCCCC1. The molecule has 1 rings (SSSR count). The highest BCUT2D eigenvalue weighted by molar-refractivity contribution is 5.08. The lowest BCUT2D eigenvalue weighted by Crippen LogP contribution is -2.25. The molecule has 1 aliphatic carbocycles. The molecular formula is C8H17N3. The van der Waals surface area contributed by atoms with E-state index in [-0.39, 0.29) is 0 Å². The van der Waals surface area contributed by atoms with Gasteiger partial charge in [-0.1, -0.05) is 12.8 Å². The van der Waals surface area contributed by atoms with Gasteiger partial charge in [0, 0.05) is 11.4 Å². The van der Waals surface area contributed by atoms with E-state index in [1.54, 1.807) is 0 Å². The first kappa shape index (κ1) is 8.40. The maximum absolute atomic E-state index is 5.80. The van der Waals surface area contributed by atoms with Crippen LogP contribution in [0.4, 0.5) is 0 Å². The molecule has 0 aliphatic heterocycles. The molecule has 64 valence electrons. The molecule has 11 heavy (non-hydrogen) atoms. The van der Waals surface area contributed by atoms with Crippen molar-refractivity contribution in [3.05, 3.63) is 11.4 Å². The predicted molar refractivity (Wildman–Crippen MR) is 46.2 cm³/mol. The molecule has 0 amide bonds. The predicted octanol–water partition coefficient (Wildman–Crippen LogP) is 0.974. The van der Waals surface area contributed by atoms with E-state index in [1.165, 1.54) is 25.7 Å². The lowest BCUT2D eigenvalue weighted by molar-refractivity contribution is 0.585. The van der Waals surface area contributed by atoms with Gasteiger partial charge < -0.3 is 11.2 Å². The average Bonchev–Trinajstić information content (AvgIpc) is 1.98. The van der Waals surface area contributed by atoms with Crippen LogP contribution in [0, 0.1) is 0 Å². The molecular weight excluding hydrogens is 138 g/mol. The van der Waals surface area contributed by atoms with Gasteiger partial charge in [0.2, 0.25) is 0 Å². The van der Waals surface area contributed by atoms with E-state index in [1.807, 2.05) is 0 Å². The summed E-state index contributed by atoms with van der Waals surface area (Å²) in [6.45, 7) is 0. The highest BCUT2D eigenvalue weighted by Crippen LogP contribution is 2.17. The maximum Gasteiger partial charge on any atom is 0.0446 e. The largest absolute Gasteiger partial charge is 0.401 e. The number of nitrogens with one attached hydrogen (secondary N) is 1. The quantitative estimate of drug-likeness (QED) is 0.390. The summed E-state index contributed by atoms with van der Waals surface area (Å²) in [6, 6.07) is 0. The van der Waals surface area contributed by atoms with Gasteiger partial charge in [0.1, 0.15) is 0 Å². The van der Waals surface area contributed by atoms with Gasteiger partial charge >= 0.3 is 0 Å². The third-order valence-corrected chi connectivity index (χ3v) is 2.18. The van der Waals surface area contributed by atoms with Crippen LogP contribution in [0.3, 0.4) is 0 Å². The van der Waals surface area contributed by atoms with Gasteiger partial charge in [-0.2, -0.15) is 0 Å². The summed E-state index contributed by atoms with van der Waals surface area (Å²) in [5, 5.41) is 0. The van der Waals surface area contributed by atoms with Crippen molar-refractivity contribution in [3.8, 4) is 0 Å². The third kappa shape index (κ3) is 2.42. The number of hydrazine groups is 1. The van der Waals surface area contributed by atoms with Crippen molar-refractivity contribution in [2.75, 3.05) is 0 Å². The third-order valence-electron chi connectivity index (χ3n) is 2.18. The monoisotopic (exact) mass is 155 g/mol. The van der Waals surface area contributed by atoms with E-state index in [2.05, 4.69) is 5.43 Å². The lowest BCUT2D eigenvalue weighted by Gasteiger charge is -2.14.